The van der Waals surface area contributed by atoms with Crippen molar-refractivity contribution in [3.63, 3.8) is 0 Å². The summed E-state index contributed by atoms with van der Waals surface area (Å²) in [5.41, 5.74) is 0.335. The summed E-state index contributed by atoms with van der Waals surface area (Å²) in [5.74, 6) is -1.31. The SMILES string of the molecule is COc1ccc(NC(=O)CNC(=O)c2ccc(C)c([N+](=O)[O-])c2)cc1S(N)(=O)=O. The molecule has 0 aliphatic rings. The van der Waals surface area contributed by atoms with E-state index >= 15 is 0 Å². The van der Waals surface area contributed by atoms with E-state index in [1.807, 2.05) is 0 Å². The van der Waals surface area contributed by atoms with Crippen molar-refractivity contribution in [3.8, 4) is 5.75 Å². The van der Waals surface area contributed by atoms with Crippen LogP contribution in [-0.4, -0.2) is 38.8 Å². The lowest BCUT2D eigenvalue weighted by atomic mass is 10.1. The number of amides is 2. The van der Waals surface area contributed by atoms with Crippen LogP contribution in [0.4, 0.5) is 11.4 Å². The number of nitro groups is 1. The fourth-order valence-corrected chi connectivity index (χ4v) is 3.11. The molecule has 0 aromatic heterocycles. The minimum absolute atomic E-state index is 0.0137. The fraction of sp³-hybridized carbons (Fsp3) is 0.176. The van der Waals surface area contributed by atoms with Gasteiger partial charge < -0.3 is 15.4 Å². The summed E-state index contributed by atoms with van der Waals surface area (Å²) >= 11 is 0. The van der Waals surface area contributed by atoms with Crippen molar-refractivity contribution in [1.82, 2.24) is 5.32 Å². The van der Waals surface area contributed by atoms with E-state index in [-0.39, 0.29) is 27.6 Å². The van der Waals surface area contributed by atoms with E-state index in [1.54, 1.807) is 0 Å². The lowest BCUT2D eigenvalue weighted by Gasteiger charge is -2.11. The van der Waals surface area contributed by atoms with Gasteiger partial charge in [-0.2, -0.15) is 0 Å². The smallest absolute Gasteiger partial charge is 0.273 e. The number of primary sulfonamides is 1. The van der Waals surface area contributed by atoms with E-state index in [1.165, 1.54) is 38.3 Å². The molecule has 2 aromatic rings. The number of hydrogen-bond acceptors (Lipinski definition) is 7. The summed E-state index contributed by atoms with van der Waals surface area (Å²) in [5, 5.41) is 20.8. The summed E-state index contributed by atoms with van der Waals surface area (Å²) in [6.45, 7) is 1.09. The molecule has 11 nitrogen and oxygen atoms in total. The maximum Gasteiger partial charge on any atom is 0.273 e. The van der Waals surface area contributed by atoms with Crippen LogP contribution in [-0.2, 0) is 14.8 Å². The highest BCUT2D eigenvalue weighted by atomic mass is 32.2. The number of nitrogens with zero attached hydrogens (tertiary/aromatic N) is 1. The number of rotatable bonds is 7. The van der Waals surface area contributed by atoms with Crippen molar-refractivity contribution in [2.75, 3.05) is 19.0 Å². The lowest BCUT2D eigenvalue weighted by molar-refractivity contribution is -0.385. The predicted molar refractivity (Wildman–Crippen MR) is 103 cm³/mol. The van der Waals surface area contributed by atoms with E-state index < -0.39 is 33.3 Å². The molecule has 0 heterocycles. The molecule has 0 fully saturated rings. The zero-order chi connectivity index (χ0) is 21.8. The van der Waals surface area contributed by atoms with Crippen molar-refractivity contribution in [3.05, 3.63) is 57.6 Å². The third-order valence-electron chi connectivity index (χ3n) is 3.83. The number of hydrogen-bond donors (Lipinski definition) is 3. The minimum atomic E-state index is -4.08. The molecule has 0 radical (unpaired) electrons. The number of nitro benzene ring substituents is 1. The number of carbonyl (C=O) groups is 2. The maximum absolute atomic E-state index is 12.1. The standard InChI is InChI=1S/C17H18N4O7S/c1-10-3-4-11(7-13(10)21(24)25)17(23)19-9-16(22)20-12-5-6-14(28-2)15(8-12)29(18,26)27/h3-8H,9H2,1-2H3,(H,19,23)(H,20,22)(H2,18,26,27). The van der Waals surface area contributed by atoms with E-state index in [2.05, 4.69) is 10.6 Å². The molecule has 0 saturated heterocycles. The van der Waals surface area contributed by atoms with Gasteiger partial charge in [-0.1, -0.05) is 6.07 Å². The van der Waals surface area contributed by atoms with Crippen LogP contribution in [0.3, 0.4) is 0 Å². The number of sulfonamides is 1. The number of methoxy groups -OCH3 is 1. The van der Waals surface area contributed by atoms with Gasteiger partial charge >= 0.3 is 0 Å². The zero-order valence-electron chi connectivity index (χ0n) is 15.5. The van der Waals surface area contributed by atoms with Crippen LogP contribution in [0.25, 0.3) is 0 Å². The van der Waals surface area contributed by atoms with Gasteiger partial charge in [0.2, 0.25) is 15.9 Å². The van der Waals surface area contributed by atoms with Gasteiger partial charge in [0.15, 0.2) is 0 Å². The molecular weight excluding hydrogens is 404 g/mol. The largest absolute Gasteiger partial charge is 0.495 e. The summed E-state index contributed by atoms with van der Waals surface area (Å²) in [6.07, 6.45) is 0. The number of anilines is 1. The Labute approximate surface area is 166 Å². The number of nitrogens with two attached hydrogens (primary N) is 1. The Balaban J connectivity index is 2.06. The number of nitrogens with one attached hydrogen (secondary N) is 2. The van der Waals surface area contributed by atoms with Gasteiger partial charge in [-0.15, -0.1) is 0 Å². The molecule has 0 unspecified atom stereocenters. The van der Waals surface area contributed by atoms with Crippen LogP contribution in [0.5, 0.6) is 5.75 Å². The monoisotopic (exact) mass is 422 g/mol. The van der Waals surface area contributed by atoms with Crippen molar-refractivity contribution in [1.29, 1.82) is 0 Å². The van der Waals surface area contributed by atoms with E-state index in [0.29, 0.717) is 5.56 Å². The van der Waals surface area contributed by atoms with Crippen LogP contribution < -0.4 is 20.5 Å². The first-order chi connectivity index (χ1) is 13.5. The molecule has 2 aromatic carbocycles. The Hall–Kier alpha value is -3.51. The van der Waals surface area contributed by atoms with Crippen molar-refractivity contribution in [2.24, 2.45) is 5.14 Å². The van der Waals surface area contributed by atoms with Gasteiger partial charge in [0.25, 0.3) is 11.6 Å². The second-order valence-corrected chi connectivity index (χ2v) is 7.43. The van der Waals surface area contributed by atoms with Crippen molar-refractivity contribution in [2.45, 2.75) is 11.8 Å². The van der Waals surface area contributed by atoms with Crippen molar-refractivity contribution < 1.29 is 27.7 Å². The molecule has 154 valence electrons. The Kier molecular flexibility index (Phi) is 6.51. The average molecular weight is 422 g/mol. The molecule has 29 heavy (non-hydrogen) atoms. The first-order valence-corrected chi connectivity index (χ1v) is 9.61. The molecule has 0 spiro atoms. The van der Waals surface area contributed by atoms with E-state index in [4.69, 9.17) is 9.88 Å². The Bertz CT molecular complexity index is 1080. The number of carbonyl (C=O) groups excluding carboxylic acids is 2. The van der Waals surface area contributed by atoms with Crippen LogP contribution in [0.1, 0.15) is 15.9 Å². The first kappa shape index (κ1) is 21.8. The van der Waals surface area contributed by atoms with Gasteiger partial charge in [-0.3, -0.25) is 19.7 Å². The fourth-order valence-electron chi connectivity index (χ4n) is 2.39. The van der Waals surface area contributed by atoms with Gasteiger partial charge in [-0.25, -0.2) is 13.6 Å². The van der Waals surface area contributed by atoms with Gasteiger partial charge in [0.1, 0.15) is 10.6 Å². The Morgan fingerprint density at radius 1 is 1.21 bits per heavy atom. The highest BCUT2D eigenvalue weighted by Gasteiger charge is 2.18. The molecule has 0 aliphatic heterocycles. The van der Waals surface area contributed by atoms with Crippen LogP contribution in [0.15, 0.2) is 41.3 Å². The third kappa shape index (κ3) is 5.49. The predicted octanol–water partition coefficient (Wildman–Crippen LogP) is 0.928. The second kappa shape index (κ2) is 8.67. The van der Waals surface area contributed by atoms with E-state index in [9.17, 15) is 28.1 Å². The molecule has 2 amide bonds. The Morgan fingerprint density at radius 2 is 1.90 bits per heavy atom. The summed E-state index contributed by atoms with van der Waals surface area (Å²) in [6, 6.07) is 7.79. The molecule has 2 rings (SSSR count). The highest BCUT2D eigenvalue weighted by Crippen LogP contribution is 2.26. The van der Waals surface area contributed by atoms with Crippen molar-refractivity contribution >= 4 is 33.2 Å². The first-order valence-electron chi connectivity index (χ1n) is 8.07. The minimum Gasteiger partial charge on any atom is -0.495 e. The van der Waals surface area contributed by atoms with E-state index in [0.717, 1.165) is 12.1 Å². The summed E-state index contributed by atoms with van der Waals surface area (Å²) in [7, 11) is -2.81. The van der Waals surface area contributed by atoms with Gasteiger partial charge in [-0.05, 0) is 31.2 Å². The van der Waals surface area contributed by atoms with Crippen LogP contribution in [0.2, 0.25) is 0 Å². The summed E-state index contributed by atoms with van der Waals surface area (Å²) in [4.78, 5) is 34.2. The molecule has 0 saturated carbocycles. The normalized spacial score (nSPS) is 10.9. The number of aryl methyl sites for hydroxylation is 1. The molecule has 0 aliphatic carbocycles. The second-order valence-electron chi connectivity index (χ2n) is 5.90. The lowest BCUT2D eigenvalue weighted by Crippen LogP contribution is -2.33. The zero-order valence-corrected chi connectivity index (χ0v) is 16.3. The highest BCUT2D eigenvalue weighted by molar-refractivity contribution is 7.89. The molecule has 12 heteroatoms. The van der Waals surface area contributed by atoms with Gasteiger partial charge in [0.05, 0.1) is 18.6 Å². The quantitative estimate of drug-likeness (QED) is 0.440. The Morgan fingerprint density at radius 3 is 2.48 bits per heavy atom. The molecular formula is C17H18N4O7S. The third-order valence-corrected chi connectivity index (χ3v) is 4.76. The van der Waals surface area contributed by atoms with Crippen LogP contribution in [0, 0.1) is 17.0 Å². The molecule has 4 N–H and O–H groups in total. The van der Waals surface area contributed by atoms with Gasteiger partial charge in [0, 0.05) is 22.9 Å². The number of ether oxygens (including phenoxy) is 1. The average Bonchev–Trinajstić information content (AvgIpc) is 2.65. The summed E-state index contributed by atoms with van der Waals surface area (Å²) < 4.78 is 28.1. The topological polar surface area (TPSA) is 171 Å². The number of benzene rings is 2. The molecule has 0 atom stereocenters. The maximum atomic E-state index is 12.1. The molecule has 0 bridgehead atoms. The van der Waals surface area contributed by atoms with Crippen LogP contribution >= 0.6 is 0 Å².